The van der Waals surface area contributed by atoms with Gasteiger partial charge in [0.2, 0.25) is 0 Å². The quantitative estimate of drug-likeness (QED) is 0.802. The largest absolute Gasteiger partial charge is 0.397 e. The van der Waals surface area contributed by atoms with E-state index in [1.54, 1.807) is 19.1 Å². The molecule has 2 rings (SSSR count). The molecule has 20 heavy (non-hydrogen) atoms. The van der Waals surface area contributed by atoms with Crippen molar-refractivity contribution in [1.82, 2.24) is 9.78 Å². The van der Waals surface area contributed by atoms with Gasteiger partial charge >= 0.3 is 0 Å². The Bertz CT molecular complexity index is 730. The van der Waals surface area contributed by atoms with Crippen LogP contribution in [0.2, 0.25) is 5.02 Å². The first-order chi connectivity index (χ1) is 9.22. The minimum Gasteiger partial charge on any atom is -0.397 e. The Morgan fingerprint density at radius 2 is 2.10 bits per heavy atom. The Hall–Kier alpha value is -1.25. The normalized spacial score (nSPS) is 11.6. The average molecular weight is 380 g/mol. The van der Waals surface area contributed by atoms with Gasteiger partial charge in [-0.2, -0.15) is 13.5 Å². The van der Waals surface area contributed by atoms with Gasteiger partial charge in [0.25, 0.3) is 10.0 Å². The summed E-state index contributed by atoms with van der Waals surface area (Å²) in [4.78, 5) is 0. The van der Waals surface area contributed by atoms with Gasteiger partial charge in [-0.3, -0.25) is 9.40 Å². The second-order valence-corrected chi connectivity index (χ2v) is 7.13. The SMILES string of the molecule is Cc1cc(Br)cc(N)c1NS(=O)(=O)c1c(Cl)cnn1C. The number of hydrogen-bond donors (Lipinski definition) is 2. The van der Waals surface area contributed by atoms with Crippen molar-refractivity contribution in [3.8, 4) is 0 Å². The Balaban J connectivity index is 2.50. The Morgan fingerprint density at radius 3 is 2.60 bits per heavy atom. The molecule has 3 N–H and O–H groups in total. The van der Waals surface area contributed by atoms with Crippen LogP contribution in [0.15, 0.2) is 27.8 Å². The van der Waals surface area contributed by atoms with Crippen LogP contribution in [0.3, 0.4) is 0 Å². The van der Waals surface area contributed by atoms with E-state index < -0.39 is 10.0 Å². The predicted molar refractivity (Wildman–Crippen MR) is 82.3 cm³/mol. The molecule has 0 radical (unpaired) electrons. The molecule has 108 valence electrons. The van der Waals surface area contributed by atoms with Crippen LogP contribution in [0.1, 0.15) is 5.56 Å². The van der Waals surface area contributed by atoms with Crippen molar-refractivity contribution in [1.29, 1.82) is 0 Å². The number of aryl methyl sites for hydroxylation is 2. The van der Waals surface area contributed by atoms with Gasteiger partial charge < -0.3 is 5.73 Å². The molecule has 0 spiro atoms. The Morgan fingerprint density at radius 1 is 1.45 bits per heavy atom. The van der Waals surface area contributed by atoms with Crippen LogP contribution >= 0.6 is 27.5 Å². The number of sulfonamides is 1. The number of nitrogens with zero attached hydrogens (tertiary/aromatic N) is 2. The van der Waals surface area contributed by atoms with Crippen molar-refractivity contribution in [2.45, 2.75) is 11.9 Å². The third kappa shape index (κ3) is 2.77. The number of anilines is 2. The lowest BCUT2D eigenvalue weighted by Gasteiger charge is -2.13. The first kappa shape index (κ1) is 15.1. The molecule has 0 unspecified atom stereocenters. The van der Waals surface area contributed by atoms with Crippen LogP contribution in [0.5, 0.6) is 0 Å². The molecule has 0 saturated heterocycles. The number of nitrogens with one attached hydrogen (secondary N) is 1. The molecule has 0 amide bonds. The molecule has 9 heteroatoms. The van der Waals surface area contributed by atoms with Crippen LogP contribution in [0, 0.1) is 6.92 Å². The third-order valence-corrected chi connectivity index (χ3v) is 4.98. The van der Waals surface area contributed by atoms with Crippen molar-refractivity contribution in [3.05, 3.63) is 33.4 Å². The van der Waals surface area contributed by atoms with E-state index in [0.29, 0.717) is 16.9 Å². The zero-order valence-corrected chi connectivity index (χ0v) is 13.8. The summed E-state index contributed by atoms with van der Waals surface area (Å²) in [6.45, 7) is 1.75. The minimum atomic E-state index is -3.87. The maximum Gasteiger partial charge on any atom is 0.280 e. The molecule has 0 atom stereocenters. The highest BCUT2D eigenvalue weighted by Gasteiger charge is 2.24. The summed E-state index contributed by atoms with van der Waals surface area (Å²) in [5, 5.41) is 3.75. The fourth-order valence-corrected chi connectivity index (χ4v) is 4.20. The van der Waals surface area contributed by atoms with Gasteiger partial charge in [-0.25, -0.2) is 0 Å². The molecule has 6 nitrogen and oxygen atoms in total. The highest BCUT2D eigenvalue weighted by atomic mass is 79.9. The Labute approximate surface area is 130 Å². The topological polar surface area (TPSA) is 90.0 Å². The molecule has 0 saturated carbocycles. The number of aromatic nitrogens is 2. The average Bonchev–Trinajstić information content (AvgIpc) is 2.64. The second kappa shape index (κ2) is 5.27. The van der Waals surface area contributed by atoms with E-state index in [2.05, 4.69) is 25.8 Å². The number of halogens is 2. The first-order valence-electron chi connectivity index (χ1n) is 5.48. The fraction of sp³-hybridized carbons (Fsp3) is 0.182. The Kier molecular flexibility index (Phi) is 3.99. The maximum absolute atomic E-state index is 12.4. The highest BCUT2D eigenvalue weighted by molar-refractivity contribution is 9.10. The zero-order valence-electron chi connectivity index (χ0n) is 10.7. The molecule has 0 fully saturated rings. The van der Waals surface area contributed by atoms with E-state index in [9.17, 15) is 8.42 Å². The van der Waals surface area contributed by atoms with E-state index in [1.807, 2.05) is 0 Å². The monoisotopic (exact) mass is 378 g/mol. The number of hydrogen-bond acceptors (Lipinski definition) is 4. The zero-order chi connectivity index (χ0) is 15.1. The molecule has 2 aromatic rings. The van der Waals surface area contributed by atoms with E-state index in [0.717, 1.165) is 4.47 Å². The number of nitrogen functional groups attached to an aromatic ring is 1. The van der Waals surface area contributed by atoms with Crippen molar-refractivity contribution < 1.29 is 8.42 Å². The summed E-state index contributed by atoms with van der Waals surface area (Å²) < 4.78 is 29.1. The van der Waals surface area contributed by atoms with Gasteiger partial charge in [-0.15, -0.1) is 0 Å². The molecule has 0 aliphatic carbocycles. The molecular formula is C11H12BrClN4O2S. The van der Waals surface area contributed by atoms with Crippen LogP contribution in [0.25, 0.3) is 0 Å². The van der Waals surface area contributed by atoms with Crippen LogP contribution in [-0.2, 0) is 17.1 Å². The van der Waals surface area contributed by atoms with Crippen molar-refractivity contribution in [2.75, 3.05) is 10.5 Å². The molecule has 1 heterocycles. The number of benzene rings is 1. The van der Waals surface area contributed by atoms with Gasteiger partial charge in [-0.1, -0.05) is 27.5 Å². The number of nitrogens with two attached hydrogens (primary N) is 1. The summed E-state index contributed by atoms with van der Waals surface area (Å²) in [5.41, 5.74) is 7.18. The predicted octanol–water partition coefficient (Wildman–Crippen LogP) is 2.53. The second-order valence-electron chi connectivity index (χ2n) is 4.21. The summed E-state index contributed by atoms with van der Waals surface area (Å²) in [6.07, 6.45) is 1.27. The van der Waals surface area contributed by atoms with Gasteiger partial charge in [-0.05, 0) is 24.6 Å². The molecule has 0 aliphatic heterocycles. The standard InChI is InChI=1S/C11H12BrClN4O2S/c1-6-3-7(12)4-9(14)10(6)16-20(18,19)11-8(13)5-15-17(11)2/h3-5,16H,14H2,1-2H3. The first-order valence-corrected chi connectivity index (χ1v) is 8.13. The van der Waals surface area contributed by atoms with E-state index >= 15 is 0 Å². The van der Waals surface area contributed by atoms with Crippen LogP contribution < -0.4 is 10.5 Å². The lowest BCUT2D eigenvalue weighted by Crippen LogP contribution is -2.18. The van der Waals surface area contributed by atoms with Crippen molar-refractivity contribution in [2.24, 2.45) is 7.05 Å². The van der Waals surface area contributed by atoms with Crippen molar-refractivity contribution >= 4 is 48.9 Å². The fourth-order valence-electron chi connectivity index (χ4n) is 1.79. The summed E-state index contributed by atoms with van der Waals surface area (Å²) in [5.74, 6) is 0. The van der Waals surface area contributed by atoms with Crippen molar-refractivity contribution in [3.63, 3.8) is 0 Å². The highest BCUT2D eigenvalue weighted by Crippen LogP contribution is 2.31. The van der Waals surface area contributed by atoms with E-state index in [4.69, 9.17) is 17.3 Å². The summed E-state index contributed by atoms with van der Waals surface area (Å²) in [7, 11) is -2.37. The summed E-state index contributed by atoms with van der Waals surface area (Å²) >= 11 is 9.16. The minimum absolute atomic E-state index is 0.0494. The molecule has 1 aromatic carbocycles. The lowest BCUT2D eigenvalue weighted by molar-refractivity contribution is 0.582. The lowest BCUT2D eigenvalue weighted by atomic mass is 10.2. The van der Waals surface area contributed by atoms with Gasteiger partial charge in [0.1, 0.15) is 0 Å². The third-order valence-electron chi connectivity index (χ3n) is 2.66. The van der Waals surface area contributed by atoms with Crippen LogP contribution in [-0.4, -0.2) is 18.2 Å². The van der Waals surface area contributed by atoms with Crippen LogP contribution in [0.4, 0.5) is 11.4 Å². The number of rotatable bonds is 3. The van der Waals surface area contributed by atoms with Gasteiger partial charge in [0, 0.05) is 11.5 Å². The van der Waals surface area contributed by atoms with E-state index in [1.165, 1.54) is 17.9 Å². The van der Waals surface area contributed by atoms with Gasteiger partial charge in [0.05, 0.1) is 22.6 Å². The maximum atomic E-state index is 12.4. The van der Waals surface area contributed by atoms with Gasteiger partial charge in [0.15, 0.2) is 5.03 Å². The molecule has 1 aromatic heterocycles. The van der Waals surface area contributed by atoms with E-state index in [-0.39, 0.29) is 10.0 Å². The molecule has 0 aliphatic rings. The summed E-state index contributed by atoms with van der Waals surface area (Å²) in [6, 6.07) is 3.38. The smallest absolute Gasteiger partial charge is 0.280 e. The molecule has 0 bridgehead atoms. The molecular weight excluding hydrogens is 368 g/mol.